The number of Topliss-reactive ketones (excluding diaryl/α,β-unsaturated/α-hetero) is 1. The van der Waals surface area contributed by atoms with Gasteiger partial charge in [-0.05, 0) is 12.1 Å². The van der Waals surface area contributed by atoms with Crippen LogP contribution in [0.2, 0.25) is 0 Å². The topological polar surface area (TPSA) is 50.1 Å². The van der Waals surface area contributed by atoms with Gasteiger partial charge in [0.05, 0.1) is 18.2 Å². The molecular weight excluding hydrogens is 190 g/mol. The molecule has 0 amide bonds. The molecule has 0 aliphatic heterocycles. The molecule has 1 aromatic rings. The van der Waals surface area contributed by atoms with Crippen LogP contribution in [0.4, 0.5) is 0 Å². The largest absolute Gasteiger partial charge is 0.369 e. The molecule has 0 bridgehead atoms. The average molecular weight is 201 g/mol. The van der Waals surface area contributed by atoms with E-state index in [0.717, 1.165) is 0 Å². The molecule has 76 valence electrons. The van der Waals surface area contributed by atoms with Crippen molar-refractivity contribution < 1.29 is 9.53 Å². The fourth-order valence-corrected chi connectivity index (χ4v) is 1.08. The van der Waals surface area contributed by atoms with Gasteiger partial charge in [0.15, 0.2) is 5.78 Å². The lowest BCUT2D eigenvalue weighted by atomic mass is 10.1. The third-order valence-electron chi connectivity index (χ3n) is 1.78. The first-order chi connectivity index (χ1) is 7.27. The molecule has 0 aromatic heterocycles. The van der Waals surface area contributed by atoms with Gasteiger partial charge in [0.1, 0.15) is 6.61 Å². The summed E-state index contributed by atoms with van der Waals surface area (Å²) in [6.07, 6.45) is 1.58. The van der Waals surface area contributed by atoms with E-state index in [1.807, 2.05) is 6.07 Å². The Morgan fingerprint density at radius 2 is 2.40 bits per heavy atom. The van der Waals surface area contributed by atoms with Crippen molar-refractivity contribution in [1.82, 2.24) is 0 Å². The van der Waals surface area contributed by atoms with Crippen LogP contribution in [0, 0.1) is 11.3 Å². The molecule has 0 spiro atoms. The highest BCUT2D eigenvalue weighted by Gasteiger charge is 2.05. The molecule has 0 aliphatic carbocycles. The number of carbonyl (C=O) groups is 1. The Morgan fingerprint density at radius 3 is 3.07 bits per heavy atom. The molecule has 15 heavy (non-hydrogen) atoms. The van der Waals surface area contributed by atoms with Gasteiger partial charge in [-0.25, -0.2) is 0 Å². The summed E-state index contributed by atoms with van der Waals surface area (Å²) in [5.41, 5.74) is 0.975. The van der Waals surface area contributed by atoms with Crippen LogP contribution in [0.3, 0.4) is 0 Å². The number of hydrogen-bond donors (Lipinski definition) is 0. The normalized spacial score (nSPS) is 9.27. The third-order valence-corrected chi connectivity index (χ3v) is 1.78. The maximum absolute atomic E-state index is 11.5. The number of nitrogens with zero attached hydrogens (tertiary/aromatic N) is 1. The van der Waals surface area contributed by atoms with Crippen LogP contribution in [0.25, 0.3) is 0 Å². The minimum atomic E-state index is -0.131. The summed E-state index contributed by atoms with van der Waals surface area (Å²) >= 11 is 0. The monoisotopic (exact) mass is 201 g/mol. The highest BCUT2D eigenvalue weighted by atomic mass is 16.5. The van der Waals surface area contributed by atoms with Crippen LogP contribution in [-0.2, 0) is 4.74 Å². The van der Waals surface area contributed by atoms with Gasteiger partial charge >= 0.3 is 0 Å². The Hall–Kier alpha value is -1.92. The number of nitriles is 1. The summed E-state index contributed by atoms with van der Waals surface area (Å²) in [5, 5.41) is 8.65. The van der Waals surface area contributed by atoms with E-state index >= 15 is 0 Å². The van der Waals surface area contributed by atoms with Gasteiger partial charge in [-0.1, -0.05) is 18.2 Å². The molecule has 1 rings (SSSR count). The molecule has 0 saturated heterocycles. The van der Waals surface area contributed by atoms with Gasteiger partial charge in [-0.2, -0.15) is 5.26 Å². The first kappa shape index (κ1) is 11.2. The Morgan fingerprint density at radius 1 is 1.60 bits per heavy atom. The van der Waals surface area contributed by atoms with Crippen molar-refractivity contribution >= 4 is 5.78 Å². The molecule has 3 nitrogen and oxygen atoms in total. The zero-order valence-corrected chi connectivity index (χ0v) is 8.27. The molecule has 0 atom stereocenters. The summed E-state index contributed by atoms with van der Waals surface area (Å²) in [6.45, 7) is 3.84. The summed E-state index contributed by atoms with van der Waals surface area (Å²) in [6, 6.07) is 8.54. The lowest BCUT2D eigenvalue weighted by Crippen LogP contribution is -2.09. The van der Waals surface area contributed by atoms with Crippen molar-refractivity contribution in [3.63, 3.8) is 0 Å². The summed E-state index contributed by atoms with van der Waals surface area (Å²) in [4.78, 5) is 11.5. The summed E-state index contributed by atoms with van der Waals surface area (Å²) < 4.78 is 5.02. The number of carbonyl (C=O) groups excluding carboxylic acids is 1. The molecule has 0 radical (unpaired) electrons. The highest BCUT2D eigenvalue weighted by Crippen LogP contribution is 2.05. The molecule has 0 unspecified atom stereocenters. The Labute approximate surface area is 88.6 Å². The Bertz CT molecular complexity index is 404. The van der Waals surface area contributed by atoms with Crippen molar-refractivity contribution in [2.24, 2.45) is 0 Å². The van der Waals surface area contributed by atoms with Gasteiger partial charge in [-0.3, -0.25) is 4.79 Å². The van der Waals surface area contributed by atoms with Crippen molar-refractivity contribution in [1.29, 1.82) is 5.26 Å². The van der Waals surface area contributed by atoms with Crippen LogP contribution < -0.4 is 0 Å². The number of rotatable bonds is 5. The number of hydrogen-bond acceptors (Lipinski definition) is 3. The Balaban J connectivity index is 2.66. The maximum atomic E-state index is 11.5. The molecular formula is C12H11NO2. The predicted molar refractivity (Wildman–Crippen MR) is 56.5 cm³/mol. The molecule has 0 N–H and O–H groups in total. The standard InChI is InChI=1S/C12H11NO2/c1-2-6-15-9-12(14)11-5-3-4-10(7-11)8-13/h2-5,7H,1,6,9H2. The molecule has 0 aliphatic rings. The number of benzene rings is 1. The SMILES string of the molecule is C=CCOCC(=O)c1cccc(C#N)c1. The van der Waals surface area contributed by atoms with Gasteiger partial charge in [-0.15, -0.1) is 6.58 Å². The zero-order chi connectivity index (χ0) is 11.1. The van der Waals surface area contributed by atoms with E-state index in [1.165, 1.54) is 0 Å². The van der Waals surface area contributed by atoms with E-state index in [2.05, 4.69) is 6.58 Å². The maximum Gasteiger partial charge on any atom is 0.188 e. The lowest BCUT2D eigenvalue weighted by Gasteiger charge is -2.01. The fraction of sp³-hybridized carbons (Fsp3) is 0.167. The smallest absolute Gasteiger partial charge is 0.188 e. The van der Waals surface area contributed by atoms with E-state index in [9.17, 15) is 4.79 Å². The van der Waals surface area contributed by atoms with Gasteiger partial charge in [0.25, 0.3) is 0 Å². The minimum Gasteiger partial charge on any atom is -0.369 e. The summed E-state index contributed by atoms with van der Waals surface area (Å²) in [5.74, 6) is -0.131. The van der Waals surface area contributed by atoms with Gasteiger partial charge in [0, 0.05) is 5.56 Å². The second-order valence-corrected chi connectivity index (χ2v) is 2.92. The number of ketones is 1. The lowest BCUT2D eigenvalue weighted by molar-refractivity contribution is 0.0806. The van der Waals surface area contributed by atoms with Crippen LogP contribution in [-0.4, -0.2) is 19.0 Å². The van der Waals surface area contributed by atoms with Crippen LogP contribution in [0.15, 0.2) is 36.9 Å². The highest BCUT2D eigenvalue weighted by molar-refractivity contribution is 5.97. The zero-order valence-electron chi connectivity index (χ0n) is 8.27. The van der Waals surface area contributed by atoms with Crippen molar-refractivity contribution in [3.8, 4) is 6.07 Å². The summed E-state index contributed by atoms with van der Waals surface area (Å²) in [7, 11) is 0. The molecule has 0 heterocycles. The second-order valence-electron chi connectivity index (χ2n) is 2.92. The van der Waals surface area contributed by atoms with E-state index in [-0.39, 0.29) is 12.4 Å². The number of ether oxygens (including phenoxy) is 1. The molecule has 1 aromatic carbocycles. The average Bonchev–Trinajstić information content (AvgIpc) is 2.29. The van der Waals surface area contributed by atoms with Crippen LogP contribution in [0.5, 0.6) is 0 Å². The van der Waals surface area contributed by atoms with Crippen LogP contribution >= 0.6 is 0 Å². The third kappa shape index (κ3) is 3.37. The van der Waals surface area contributed by atoms with Crippen molar-refractivity contribution in [2.45, 2.75) is 0 Å². The van der Waals surface area contributed by atoms with Crippen LogP contribution in [0.1, 0.15) is 15.9 Å². The second kappa shape index (κ2) is 5.74. The van der Waals surface area contributed by atoms with E-state index in [1.54, 1.807) is 30.3 Å². The molecule has 0 saturated carbocycles. The van der Waals surface area contributed by atoms with Crippen molar-refractivity contribution in [3.05, 3.63) is 48.0 Å². The fourth-order valence-electron chi connectivity index (χ4n) is 1.08. The quantitative estimate of drug-likeness (QED) is 0.415. The van der Waals surface area contributed by atoms with Crippen molar-refractivity contribution in [2.75, 3.05) is 13.2 Å². The molecule has 3 heteroatoms. The van der Waals surface area contributed by atoms with E-state index in [4.69, 9.17) is 10.00 Å². The molecule has 0 fully saturated rings. The first-order valence-electron chi connectivity index (χ1n) is 4.50. The Kier molecular flexibility index (Phi) is 4.27. The van der Waals surface area contributed by atoms with Gasteiger partial charge in [0.2, 0.25) is 0 Å². The van der Waals surface area contributed by atoms with E-state index < -0.39 is 0 Å². The van der Waals surface area contributed by atoms with Gasteiger partial charge < -0.3 is 4.74 Å². The van der Waals surface area contributed by atoms with E-state index in [0.29, 0.717) is 17.7 Å². The minimum absolute atomic E-state index is 0.0148. The first-order valence-corrected chi connectivity index (χ1v) is 4.50. The predicted octanol–water partition coefficient (Wildman–Crippen LogP) is 1.94.